The Bertz CT molecular complexity index is 44.9. The summed E-state index contributed by atoms with van der Waals surface area (Å²) in [6, 6.07) is 0. The Balaban J connectivity index is 2.85. The van der Waals surface area contributed by atoms with E-state index in [1.807, 2.05) is 22.4 Å². The van der Waals surface area contributed by atoms with E-state index in [0.29, 0.717) is 0 Å². The molecule has 0 spiro atoms. The lowest BCUT2D eigenvalue weighted by molar-refractivity contribution is 0.277. The van der Waals surface area contributed by atoms with Crippen molar-refractivity contribution in [1.82, 2.24) is 0 Å². The Morgan fingerprint density at radius 1 is 1.80 bits per heavy atom. The minimum Gasteiger partial charge on any atom is -0.299 e. The van der Waals surface area contributed by atoms with Crippen molar-refractivity contribution < 1.29 is 4.79 Å². The van der Waals surface area contributed by atoms with Crippen molar-refractivity contribution in [3.63, 3.8) is 0 Å². The first-order valence-corrected chi connectivity index (χ1v) is 3.22. The highest BCUT2D eigenvalue weighted by Gasteiger charge is 1.86. The second-order valence-corrected chi connectivity index (χ2v) is 2.10. The first kappa shape index (κ1) is 6.19. The summed E-state index contributed by atoms with van der Waals surface area (Å²) in [7, 11) is 0. The van der Waals surface area contributed by atoms with Crippen molar-refractivity contribution in [2.75, 3.05) is 0 Å². The van der Waals surface area contributed by atoms with Gasteiger partial charge in [-0.15, -0.1) is 22.4 Å². The fourth-order valence-corrected chi connectivity index (χ4v) is 0. The summed E-state index contributed by atoms with van der Waals surface area (Å²) < 4.78 is 0.0863. The molecule has 0 aliphatic rings. The van der Waals surface area contributed by atoms with Crippen LogP contribution in [-0.4, -0.2) is 8.83 Å². The molecule has 0 atom stereocenters. The SMILES string of the molecule is O=C(I)[B]I. The third-order valence-electron chi connectivity index (χ3n) is 0.0858. The van der Waals surface area contributed by atoms with Crippen molar-refractivity contribution >= 4 is 53.8 Å². The van der Waals surface area contributed by atoms with Crippen molar-refractivity contribution in [2.24, 2.45) is 0 Å². The number of hydrogen-bond donors (Lipinski definition) is 0. The molecular formula is CBI2O. The van der Waals surface area contributed by atoms with E-state index in [1.165, 1.54) is 5.14 Å². The first-order chi connectivity index (χ1) is 2.27. The Kier molecular flexibility index (Phi) is 4.20. The quantitative estimate of drug-likeness (QED) is 0.408. The third kappa shape index (κ3) is 5.19. The van der Waals surface area contributed by atoms with E-state index < -0.39 is 0 Å². The molecule has 0 unspecified atom stereocenters. The standard InChI is InChI=1S/CBI2O/c3-1(5)2-4. The van der Waals surface area contributed by atoms with Gasteiger partial charge in [0, 0.05) is 0 Å². The molecule has 0 saturated carbocycles. The van der Waals surface area contributed by atoms with Crippen LogP contribution < -0.4 is 0 Å². The van der Waals surface area contributed by atoms with Crippen LogP contribution >= 0.6 is 45.0 Å². The highest BCUT2D eigenvalue weighted by molar-refractivity contribution is 14.2. The van der Waals surface area contributed by atoms with Crippen LogP contribution in [0.1, 0.15) is 0 Å². The lowest BCUT2D eigenvalue weighted by atomic mass is 10.2. The van der Waals surface area contributed by atoms with Crippen LogP contribution in [0.4, 0.5) is 4.79 Å². The van der Waals surface area contributed by atoms with Gasteiger partial charge < -0.3 is 0 Å². The Morgan fingerprint density at radius 2 is 2.00 bits per heavy atom. The second-order valence-electron chi connectivity index (χ2n) is 0.413. The highest BCUT2D eigenvalue weighted by atomic mass is 127. The number of hydrogen-bond acceptors (Lipinski definition) is 1. The zero-order valence-corrected chi connectivity index (χ0v) is 6.56. The summed E-state index contributed by atoms with van der Waals surface area (Å²) in [6.07, 6.45) is 0. The average molecular weight is 293 g/mol. The molecule has 0 N–H and O–H groups in total. The molecule has 5 heavy (non-hydrogen) atoms. The fraction of sp³-hybridized carbons (Fsp3) is 0. The Labute approximate surface area is 58.1 Å². The van der Waals surface area contributed by atoms with Gasteiger partial charge in [-0.2, -0.15) is 0 Å². The van der Waals surface area contributed by atoms with Crippen LogP contribution in [0.5, 0.6) is 0 Å². The Hall–Kier alpha value is 1.19. The third-order valence-corrected chi connectivity index (χ3v) is 2.15. The molecule has 0 saturated heterocycles. The van der Waals surface area contributed by atoms with Crippen LogP contribution in [0.25, 0.3) is 0 Å². The van der Waals surface area contributed by atoms with Gasteiger partial charge >= 0.3 is 5.14 Å². The van der Waals surface area contributed by atoms with Gasteiger partial charge in [0.1, 0.15) is 0 Å². The predicted molar refractivity (Wildman–Crippen MR) is 39.2 cm³/mol. The lowest BCUT2D eigenvalue weighted by Crippen LogP contribution is -1.81. The zero-order chi connectivity index (χ0) is 4.28. The normalized spacial score (nSPS) is 6.80. The average Bonchev–Trinajstić information content (AvgIpc) is 1.38. The van der Waals surface area contributed by atoms with E-state index in [0.717, 1.165) is 0 Å². The molecule has 0 bridgehead atoms. The van der Waals surface area contributed by atoms with Crippen molar-refractivity contribution in [2.45, 2.75) is 0 Å². The monoisotopic (exact) mass is 293 g/mol. The number of rotatable bonds is 1. The smallest absolute Gasteiger partial charge is 0.299 e. The van der Waals surface area contributed by atoms with Crippen LogP contribution in [0.15, 0.2) is 0 Å². The topological polar surface area (TPSA) is 17.1 Å². The maximum absolute atomic E-state index is 9.74. The minimum absolute atomic E-state index is 0.0863. The summed E-state index contributed by atoms with van der Waals surface area (Å²) in [5, 5.41) is 1.48. The van der Waals surface area contributed by atoms with E-state index in [9.17, 15) is 4.79 Å². The molecule has 0 fully saturated rings. The molecule has 1 radical (unpaired) electrons. The Morgan fingerprint density at radius 3 is 2.00 bits per heavy atom. The molecular weight excluding hydrogens is 293 g/mol. The van der Waals surface area contributed by atoms with Gasteiger partial charge in [-0.1, -0.05) is 0 Å². The van der Waals surface area contributed by atoms with Gasteiger partial charge in [0.25, 0.3) is 0 Å². The number of carbonyl (C=O) groups is 1. The van der Waals surface area contributed by atoms with Gasteiger partial charge in [-0.3, -0.25) is 4.79 Å². The predicted octanol–water partition coefficient (Wildman–Crippen LogP) is 1.60. The summed E-state index contributed by atoms with van der Waals surface area (Å²) >= 11 is 3.60. The maximum atomic E-state index is 9.74. The highest BCUT2D eigenvalue weighted by Crippen LogP contribution is 1.88. The minimum atomic E-state index is 0.0863. The van der Waals surface area contributed by atoms with Crippen LogP contribution in [0.2, 0.25) is 0 Å². The van der Waals surface area contributed by atoms with Gasteiger partial charge in [0.2, 0.25) is 0 Å². The van der Waals surface area contributed by atoms with Crippen LogP contribution in [-0.2, 0) is 0 Å². The van der Waals surface area contributed by atoms with Gasteiger partial charge in [0.05, 0.1) is 0 Å². The summed E-state index contributed by atoms with van der Waals surface area (Å²) in [5.74, 6) is 0. The first-order valence-electron chi connectivity index (χ1n) is 0.900. The molecule has 1 nitrogen and oxygen atoms in total. The van der Waals surface area contributed by atoms with Crippen molar-refractivity contribution in [3.05, 3.63) is 0 Å². The van der Waals surface area contributed by atoms with E-state index >= 15 is 0 Å². The molecule has 0 aliphatic heterocycles. The molecule has 27 valence electrons. The van der Waals surface area contributed by atoms with Gasteiger partial charge in [-0.05, 0) is 22.6 Å². The summed E-state index contributed by atoms with van der Waals surface area (Å²) in [6.45, 7) is 0. The van der Waals surface area contributed by atoms with Gasteiger partial charge in [0.15, 0.2) is 3.69 Å². The second kappa shape index (κ2) is 3.39. The van der Waals surface area contributed by atoms with E-state index in [4.69, 9.17) is 0 Å². The van der Waals surface area contributed by atoms with Crippen molar-refractivity contribution in [3.8, 4) is 0 Å². The molecule has 0 heterocycles. The molecule has 0 amide bonds. The van der Waals surface area contributed by atoms with Crippen molar-refractivity contribution in [1.29, 1.82) is 0 Å². The summed E-state index contributed by atoms with van der Waals surface area (Å²) in [5.41, 5.74) is 0. The van der Waals surface area contributed by atoms with Gasteiger partial charge in [-0.25, -0.2) is 0 Å². The maximum Gasteiger partial charge on any atom is 0.302 e. The van der Waals surface area contributed by atoms with Crippen LogP contribution in [0.3, 0.4) is 0 Å². The van der Waals surface area contributed by atoms with E-state index in [1.54, 1.807) is 22.6 Å². The lowest BCUT2D eigenvalue weighted by Gasteiger charge is -1.63. The largest absolute Gasteiger partial charge is 0.302 e. The molecule has 0 rings (SSSR count). The van der Waals surface area contributed by atoms with Crippen LogP contribution in [0, 0.1) is 0 Å². The molecule has 0 aromatic heterocycles. The van der Waals surface area contributed by atoms with E-state index in [-0.39, 0.29) is 3.69 Å². The molecule has 0 aromatic rings. The summed E-state index contributed by atoms with van der Waals surface area (Å²) in [4.78, 5) is 9.74. The fourth-order valence-electron chi connectivity index (χ4n) is 0. The number of halogens is 2. The molecule has 0 aromatic carbocycles. The zero-order valence-electron chi connectivity index (χ0n) is 2.24. The van der Waals surface area contributed by atoms with E-state index in [2.05, 4.69) is 0 Å². The molecule has 4 heteroatoms. The number of carbonyl (C=O) groups excluding carboxylic acids is 1. The molecule has 0 aliphatic carbocycles.